The van der Waals surface area contributed by atoms with Gasteiger partial charge in [0.2, 0.25) is 0 Å². The van der Waals surface area contributed by atoms with Crippen LogP contribution in [0.4, 0.5) is 0 Å². The van der Waals surface area contributed by atoms with Crippen molar-refractivity contribution in [3.8, 4) is 11.5 Å². The monoisotopic (exact) mass is 575 g/mol. The number of carboxylic acids is 1. The maximum absolute atomic E-state index is 12.9. The summed E-state index contributed by atoms with van der Waals surface area (Å²) in [5, 5.41) is 9.88. The van der Waals surface area contributed by atoms with E-state index in [0.29, 0.717) is 5.56 Å². The van der Waals surface area contributed by atoms with Crippen molar-refractivity contribution in [1.29, 1.82) is 0 Å². The number of esters is 3. The molecule has 1 fully saturated rings. The van der Waals surface area contributed by atoms with Crippen molar-refractivity contribution in [3.63, 3.8) is 0 Å². The molecular formula is C32H49NO8. The van der Waals surface area contributed by atoms with Crippen molar-refractivity contribution in [1.82, 2.24) is 0 Å². The first-order valence-electron chi connectivity index (χ1n) is 14.9. The van der Waals surface area contributed by atoms with E-state index < -0.39 is 53.7 Å². The molecule has 230 valence electrons. The fourth-order valence-corrected chi connectivity index (χ4v) is 4.85. The Morgan fingerprint density at radius 2 is 1.32 bits per heavy atom. The zero-order chi connectivity index (χ0) is 31.0. The van der Waals surface area contributed by atoms with E-state index in [2.05, 4.69) is 0 Å². The van der Waals surface area contributed by atoms with Crippen molar-refractivity contribution >= 4 is 23.9 Å². The average Bonchev–Trinajstić information content (AvgIpc) is 2.93. The second-order valence-corrected chi connectivity index (χ2v) is 12.3. The predicted molar refractivity (Wildman–Crippen MR) is 155 cm³/mol. The first kappa shape index (κ1) is 34.3. The van der Waals surface area contributed by atoms with Crippen molar-refractivity contribution in [3.05, 3.63) is 23.8 Å². The van der Waals surface area contributed by atoms with Crippen LogP contribution in [0.15, 0.2) is 18.2 Å². The Morgan fingerprint density at radius 1 is 0.805 bits per heavy atom. The molecule has 9 heteroatoms. The molecule has 1 aliphatic carbocycles. The number of carbonyl (C=O) groups excluding carboxylic acids is 3. The smallest absolute Gasteiger partial charge is 0.321 e. The summed E-state index contributed by atoms with van der Waals surface area (Å²) < 4.78 is 17.2. The molecule has 1 aromatic rings. The van der Waals surface area contributed by atoms with Crippen LogP contribution < -0.4 is 15.2 Å². The van der Waals surface area contributed by atoms with Crippen LogP contribution in [0.2, 0.25) is 0 Å². The van der Waals surface area contributed by atoms with Crippen LogP contribution in [0.25, 0.3) is 0 Å². The molecule has 6 atom stereocenters. The molecule has 5 unspecified atom stereocenters. The number of hydrogen-bond donors (Lipinski definition) is 2. The standard InChI is InChI=1S/C32H49NO8/c1-17(2)19(5)30(36)40-25-15-14-24(16-26(25)41-31(37)20(6)18(3)4)27(28(33)29(34)35)21(7)22(8)39-32(38)23-12-10-9-11-13-23/h14-23,27-28H,9-13,33H2,1-8H3,(H,34,35)/t19?,20?,21?,22?,27?,28-/m0/s1. The Labute approximate surface area is 244 Å². The zero-order valence-electron chi connectivity index (χ0n) is 25.8. The molecule has 1 aromatic carbocycles. The minimum atomic E-state index is -1.34. The van der Waals surface area contributed by atoms with E-state index in [-0.39, 0.29) is 35.2 Å². The van der Waals surface area contributed by atoms with Crippen LogP contribution in [-0.4, -0.2) is 41.1 Å². The third kappa shape index (κ3) is 9.28. The van der Waals surface area contributed by atoms with Crippen LogP contribution >= 0.6 is 0 Å². The van der Waals surface area contributed by atoms with E-state index in [1.54, 1.807) is 33.8 Å². The van der Waals surface area contributed by atoms with Crippen LogP contribution in [0.3, 0.4) is 0 Å². The van der Waals surface area contributed by atoms with Crippen LogP contribution in [-0.2, 0) is 23.9 Å². The first-order valence-corrected chi connectivity index (χ1v) is 14.9. The van der Waals surface area contributed by atoms with Gasteiger partial charge >= 0.3 is 23.9 Å². The number of ether oxygens (including phenoxy) is 3. The molecule has 0 aromatic heterocycles. The SMILES string of the molecule is CC(C)C(C)C(=O)Oc1ccc(C(C(C)C(C)OC(=O)C2CCCCC2)[C@H](N)C(=O)O)cc1OC(=O)C(C)C(C)C. The van der Waals surface area contributed by atoms with E-state index in [0.717, 1.165) is 32.1 Å². The van der Waals surface area contributed by atoms with Gasteiger partial charge in [-0.1, -0.05) is 73.8 Å². The number of hydrogen-bond acceptors (Lipinski definition) is 8. The Kier molecular flexibility index (Phi) is 12.8. The van der Waals surface area contributed by atoms with Crippen LogP contribution in [0.1, 0.15) is 99.0 Å². The number of rotatable bonds is 13. The number of carbonyl (C=O) groups is 4. The lowest BCUT2D eigenvalue weighted by molar-refractivity contribution is -0.157. The molecule has 41 heavy (non-hydrogen) atoms. The molecule has 0 saturated heterocycles. The lowest BCUT2D eigenvalue weighted by atomic mass is 9.79. The molecule has 0 spiro atoms. The van der Waals surface area contributed by atoms with Crippen LogP contribution in [0, 0.1) is 35.5 Å². The van der Waals surface area contributed by atoms with Gasteiger partial charge in [0.1, 0.15) is 12.1 Å². The van der Waals surface area contributed by atoms with Gasteiger partial charge in [-0.2, -0.15) is 0 Å². The normalized spacial score (nSPS) is 18.6. The first-order chi connectivity index (χ1) is 19.1. The van der Waals surface area contributed by atoms with Crippen molar-refractivity contribution in [2.75, 3.05) is 0 Å². The molecule has 1 aliphatic rings. The van der Waals surface area contributed by atoms with Gasteiger partial charge in [-0.25, -0.2) is 0 Å². The number of carboxylic acid groups (broad SMARTS) is 1. The molecule has 2 rings (SSSR count). The quantitative estimate of drug-likeness (QED) is 0.223. The Morgan fingerprint density at radius 3 is 1.80 bits per heavy atom. The van der Waals surface area contributed by atoms with Crippen molar-refractivity contribution in [2.45, 2.75) is 106 Å². The van der Waals surface area contributed by atoms with Gasteiger partial charge in [-0.15, -0.1) is 0 Å². The van der Waals surface area contributed by atoms with Gasteiger partial charge in [0.25, 0.3) is 0 Å². The number of benzene rings is 1. The third-order valence-corrected chi connectivity index (χ3v) is 8.74. The van der Waals surface area contributed by atoms with E-state index in [9.17, 15) is 24.3 Å². The van der Waals surface area contributed by atoms with E-state index in [1.165, 1.54) is 12.1 Å². The van der Waals surface area contributed by atoms with Gasteiger partial charge in [-0.05, 0) is 49.3 Å². The summed E-state index contributed by atoms with van der Waals surface area (Å²) in [6.45, 7) is 14.6. The molecule has 0 heterocycles. The summed E-state index contributed by atoms with van der Waals surface area (Å²) in [4.78, 5) is 50.6. The van der Waals surface area contributed by atoms with Gasteiger partial charge < -0.3 is 25.1 Å². The topological polar surface area (TPSA) is 142 Å². The highest BCUT2D eigenvalue weighted by atomic mass is 16.6. The number of aliphatic carboxylic acids is 1. The largest absolute Gasteiger partial charge is 0.480 e. The summed E-state index contributed by atoms with van der Waals surface area (Å²) in [7, 11) is 0. The zero-order valence-corrected chi connectivity index (χ0v) is 25.8. The van der Waals surface area contributed by atoms with Crippen LogP contribution in [0.5, 0.6) is 11.5 Å². The summed E-state index contributed by atoms with van der Waals surface area (Å²) >= 11 is 0. The summed E-state index contributed by atoms with van der Waals surface area (Å²) in [6.07, 6.45) is 4.03. The Bertz CT molecular complexity index is 1060. The Balaban J connectivity index is 2.46. The van der Waals surface area contributed by atoms with Gasteiger partial charge in [0, 0.05) is 11.8 Å². The minimum Gasteiger partial charge on any atom is -0.480 e. The molecule has 0 radical (unpaired) electrons. The average molecular weight is 576 g/mol. The second-order valence-electron chi connectivity index (χ2n) is 12.3. The minimum absolute atomic E-state index is 0.00514. The molecule has 9 nitrogen and oxygen atoms in total. The Hall–Kier alpha value is -2.94. The maximum Gasteiger partial charge on any atom is 0.321 e. The molecule has 0 amide bonds. The third-order valence-electron chi connectivity index (χ3n) is 8.74. The highest BCUT2D eigenvalue weighted by Gasteiger charge is 2.37. The highest BCUT2D eigenvalue weighted by molar-refractivity contribution is 5.79. The van der Waals surface area contributed by atoms with Gasteiger partial charge in [-0.3, -0.25) is 19.2 Å². The predicted octanol–water partition coefficient (Wildman–Crippen LogP) is 5.73. The fourth-order valence-electron chi connectivity index (χ4n) is 4.85. The molecule has 3 N–H and O–H groups in total. The maximum atomic E-state index is 12.9. The van der Waals surface area contributed by atoms with E-state index >= 15 is 0 Å². The summed E-state index contributed by atoms with van der Waals surface area (Å²) in [5.41, 5.74) is 6.67. The van der Waals surface area contributed by atoms with Crippen molar-refractivity contribution < 1.29 is 38.5 Å². The van der Waals surface area contributed by atoms with E-state index in [1.807, 2.05) is 27.7 Å². The summed E-state index contributed by atoms with van der Waals surface area (Å²) in [5.74, 6) is -4.67. The lowest BCUT2D eigenvalue weighted by Crippen LogP contribution is -2.43. The second kappa shape index (κ2) is 15.3. The summed E-state index contributed by atoms with van der Waals surface area (Å²) in [6, 6.07) is 3.28. The van der Waals surface area contributed by atoms with Gasteiger partial charge in [0.05, 0.1) is 17.8 Å². The van der Waals surface area contributed by atoms with Gasteiger partial charge in [0.15, 0.2) is 11.5 Å². The van der Waals surface area contributed by atoms with E-state index in [4.69, 9.17) is 19.9 Å². The molecular weight excluding hydrogens is 526 g/mol. The lowest BCUT2D eigenvalue weighted by Gasteiger charge is -2.33. The molecule has 0 bridgehead atoms. The molecule has 1 saturated carbocycles. The fraction of sp³-hybridized carbons (Fsp3) is 0.688. The molecule has 0 aliphatic heterocycles. The van der Waals surface area contributed by atoms with Crippen molar-refractivity contribution in [2.24, 2.45) is 41.2 Å². The number of nitrogens with two attached hydrogens (primary N) is 1. The highest BCUT2D eigenvalue weighted by Crippen LogP contribution is 2.38.